The molecule has 4 rings (SSSR count). The first-order chi connectivity index (χ1) is 15.5. The number of alkyl halides is 6. The number of nitrogens with zero attached hydrogens (tertiary/aromatic N) is 4. The van der Waals surface area contributed by atoms with Crippen LogP contribution in [-0.2, 0) is 12.6 Å². The molecule has 1 fully saturated rings. The molecule has 3 heterocycles. The molecule has 0 unspecified atom stereocenters. The number of halogens is 6. The second-order valence-corrected chi connectivity index (χ2v) is 8.23. The summed E-state index contributed by atoms with van der Waals surface area (Å²) in [5, 5.41) is 12.6. The van der Waals surface area contributed by atoms with E-state index >= 15 is 0 Å². The number of piperidine rings is 1. The smallest absolute Gasteiger partial charge is 0.364 e. The fourth-order valence-electron chi connectivity index (χ4n) is 4.14. The van der Waals surface area contributed by atoms with Crippen LogP contribution in [0.5, 0.6) is 0 Å². The minimum absolute atomic E-state index is 0.0482. The van der Waals surface area contributed by atoms with Crippen molar-refractivity contribution in [1.29, 1.82) is 0 Å². The van der Waals surface area contributed by atoms with Gasteiger partial charge in [0.25, 0.3) is 0 Å². The minimum Gasteiger partial charge on any atom is -0.364 e. The summed E-state index contributed by atoms with van der Waals surface area (Å²) in [4.78, 5) is 6.27. The van der Waals surface area contributed by atoms with Crippen LogP contribution in [0.15, 0.2) is 36.7 Å². The lowest BCUT2D eigenvalue weighted by atomic mass is 9.96. The van der Waals surface area contributed by atoms with E-state index in [0.29, 0.717) is 22.7 Å². The zero-order valence-corrected chi connectivity index (χ0v) is 17.6. The predicted octanol–water partition coefficient (Wildman–Crippen LogP) is 5.32. The Kier molecular flexibility index (Phi) is 6.17. The molecule has 1 N–H and O–H groups in total. The van der Waals surface area contributed by atoms with Crippen molar-refractivity contribution in [1.82, 2.24) is 20.1 Å². The Bertz CT molecular complexity index is 1140. The summed E-state index contributed by atoms with van der Waals surface area (Å²) in [6.07, 6.45) is -6.08. The Balaban J connectivity index is 1.80. The first-order valence-electron chi connectivity index (χ1n) is 10.3. The van der Waals surface area contributed by atoms with Gasteiger partial charge >= 0.3 is 12.4 Å². The standard InChI is InChI=1S/C22H21F6N5/c1-33-8-2-3-15(12-33)30-20-18-11-29-7-6-17(18)19(31-32-20)16-5-4-14(22(26,27)28)9-13(16)10-21(23,24)25/h4-7,9,11,15H,2-3,8,10,12H2,1H3,(H,30,32)/t15-/m1/s1. The zero-order chi connectivity index (χ0) is 23.8. The van der Waals surface area contributed by atoms with Crippen LogP contribution in [0.4, 0.5) is 32.2 Å². The van der Waals surface area contributed by atoms with Gasteiger partial charge in [0.15, 0.2) is 5.82 Å². The molecule has 2 aromatic heterocycles. The SMILES string of the molecule is CN1CCC[C@@H](Nc2nnc(-c3ccc(C(F)(F)F)cc3CC(F)(F)F)c3ccncc23)C1. The summed E-state index contributed by atoms with van der Waals surface area (Å²) in [7, 11) is 2.01. The summed E-state index contributed by atoms with van der Waals surface area (Å²) in [6.45, 7) is 1.78. The van der Waals surface area contributed by atoms with Gasteiger partial charge in [0.05, 0.1) is 12.0 Å². The molecule has 0 amide bonds. The summed E-state index contributed by atoms with van der Waals surface area (Å²) < 4.78 is 79.1. The molecular formula is C22H21F6N5. The molecule has 1 aromatic carbocycles. The van der Waals surface area contributed by atoms with Crippen LogP contribution in [0.25, 0.3) is 22.0 Å². The number of hydrogen-bond donors (Lipinski definition) is 1. The van der Waals surface area contributed by atoms with E-state index < -0.39 is 29.9 Å². The van der Waals surface area contributed by atoms with E-state index in [1.807, 2.05) is 7.05 Å². The lowest BCUT2D eigenvalue weighted by molar-refractivity contribution is -0.138. The number of aromatic nitrogens is 3. The highest BCUT2D eigenvalue weighted by Gasteiger charge is 2.34. The van der Waals surface area contributed by atoms with E-state index in [0.717, 1.165) is 38.1 Å². The molecule has 5 nitrogen and oxygen atoms in total. The van der Waals surface area contributed by atoms with Crippen LogP contribution in [0, 0.1) is 0 Å². The third-order valence-corrected chi connectivity index (χ3v) is 5.63. The molecule has 1 atom stereocenters. The molecule has 3 aromatic rings. The average Bonchev–Trinajstić information content (AvgIpc) is 2.72. The van der Waals surface area contributed by atoms with E-state index in [4.69, 9.17) is 0 Å². The van der Waals surface area contributed by atoms with Gasteiger partial charge in [-0.25, -0.2) is 0 Å². The largest absolute Gasteiger partial charge is 0.416 e. The molecule has 33 heavy (non-hydrogen) atoms. The minimum atomic E-state index is -4.77. The van der Waals surface area contributed by atoms with E-state index in [1.54, 1.807) is 6.07 Å². The second-order valence-electron chi connectivity index (χ2n) is 8.23. The molecular weight excluding hydrogens is 448 g/mol. The van der Waals surface area contributed by atoms with Crippen LogP contribution in [0.3, 0.4) is 0 Å². The maximum absolute atomic E-state index is 13.2. The van der Waals surface area contributed by atoms with Gasteiger partial charge in [-0.2, -0.15) is 26.3 Å². The lowest BCUT2D eigenvalue weighted by Crippen LogP contribution is -2.40. The number of hydrogen-bond acceptors (Lipinski definition) is 5. The third-order valence-electron chi connectivity index (χ3n) is 5.63. The van der Waals surface area contributed by atoms with Gasteiger partial charge in [0.2, 0.25) is 0 Å². The van der Waals surface area contributed by atoms with E-state index in [-0.39, 0.29) is 17.3 Å². The van der Waals surface area contributed by atoms with E-state index in [2.05, 4.69) is 25.4 Å². The topological polar surface area (TPSA) is 53.9 Å². The fraction of sp³-hybridized carbons (Fsp3) is 0.409. The summed E-state index contributed by atoms with van der Waals surface area (Å²) in [5.74, 6) is 0.437. The van der Waals surface area contributed by atoms with Crippen molar-refractivity contribution in [2.75, 3.05) is 25.5 Å². The Morgan fingerprint density at radius 2 is 1.85 bits per heavy atom. The van der Waals surface area contributed by atoms with Gasteiger partial charge < -0.3 is 10.2 Å². The Hall–Kier alpha value is -2.95. The second kappa shape index (κ2) is 8.77. The molecule has 0 saturated carbocycles. The molecule has 0 spiro atoms. The van der Waals surface area contributed by atoms with Crippen LogP contribution in [0.2, 0.25) is 0 Å². The average molecular weight is 469 g/mol. The van der Waals surface area contributed by atoms with Crippen molar-refractivity contribution in [3.63, 3.8) is 0 Å². The number of anilines is 1. The summed E-state index contributed by atoms with van der Waals surface area (Å²) >= 11 is 0. The van der Waals surface area contributed by atoms with E-state index in [1.165, 1.54) is 12.4 Å². The van der Waals surface area contributed by atoms with Crippen molar-refractivity contribution >= 4 is 16.6 Å². The number of likely N-dealkylation sites (tertiary alicyclic amines) is 1. The monoisotopic (exact) mass is 469 g/mol. The van der Waals surface area contributed by atoms with Crippen LogP contribution in [-0.4, -0.2) is 52.4 Å². The van der Waals surface area contributed by atoms with Crippen molar-refractivity contribution in [2.45, 2.75) is 37.7 Å². The highest BCUT2D eigenvalue weighted by Crippen LogP contribution is 2.38. The predicted molar refractivity (Wildman–Crippen MR) is 112 cm³/mol. The molecule has 0 bridgehead atoms. The van der Waals surface area contributed by atoms with Gasteiger partial charge in [-0.3, -0.25) is 4.98 Å². The zero-order valence-electron chi connectivity index (χ0n) is 17.6. The summed E-state index contributed by atoms with van der Waals surface area (Å²) in [6, 6.07) is 4.00. The molecule has 11 heteroatoms. The van der Waals surface area contributed by atoms with Crippen molar-refractivity contribution in [2.24, 2.45) is 0 Å². The van der Waals surface area contributed by atoms with Crippen molar-refractivity contribution in [3.8, 4) is 11.3 Å². The first-order valence-corrected chi connectivity index (χ1v) is 10.3. The molecule has 0 aliphatic carbocycles. The highest BCUT2D eigenvalue weighted by molar-refractivity contribution is 6.00. The Morgan fingerprint density at radius 1 is 1.06 bits per heavy atom. The van der Waals surface area contributed by atoms with Gasteiger partial charge in [-0.1, -0.05) is 6.07 Å². The number of benzene rings is 1. The third kappa shape index (κ3) is 5.35. The van der Waals surface area contributed by atoms with Gasteiger partial charge in [-0.05, 0) is 50.2 Å². The maximum Gasteiger partial charge on any atom is 0.416 e. The van der Waals surface area contributed by atoms with Crippen LogP contribution in [0.1, 0.15) is 24.0 Å². The number of nitrogens with one attached hydrogen (secondary N) is 1. The normalized spacial score (nSPS) is 18.0. The molecule has 1 aliphatic heterocycles. The number of rotatable bonds is 4. The number of likely N-dealkylation sites (N-methyl/N-ethyl adjacent to an activating group) is 1. The van der Waals surface area contributed by atoms with E-state index in [9.17, 15) is 26.3 Å². The van der Waals surface area contributed by atoms with Crippen molar-refractivity contribution in [3.05, 3.63) is 47.8 Å². The Morgan fingerprint density at radius 3 is 2.55 bits per heavy atom. The molecule has 0 radical (unpaired) electrons. The lowest BCUT2D eigenvalue weighted by Gasteiger charge is -2.30. The fourth-order valence-corrected chi connectivity index (χ4v) is 4.14. The highest BCUT2D eigenvalue weighted by atomic mass is 19.4. The maximum atomic E-state index is 13.2. The first kappa shape index (κ1) is 23.2. The Labute approximate surface area is 185 Å². The van der Waals surface area contributed by atoms with Crippen molar-refractivity contribution < 1.29 is 26.3 Å². The summed E-state index contributed by atoms with van der Waals surface area (Å²) in [5.41, 5.74) is -1.64. The quantitative estimate of drug-likeness (QED) is 0.524. The molecule has 1 saturated heterocycles. The molecule has 176 valence electrons. The van der Waals surface area contributed by atoms with Crippen LogP contribution < -0.4 is 5.32 Å². The van der Waals surface area contributed by atoms with Crippen LogP contribution >= 0.6 is 0 Å². The molecule has 1 aliphatic rings. The number of fused-ring (bicyclic) bond motifs is 1. The van der Waals surface area contributed by atoms with Gasteiger partial charge in [0.1, 0.15) is 5.69 Å². The van der Waals surface area contributed by atoms with Gasteiger partial charge in [0, 0.05) is 41.3 Å². The van der Waals surface area contributed by atoms with Gasteiger partial charge in [-0.15, -0.1) is 10.2 Å². The number of pyridine rings is 1.